The molecule has 0 radical (unpaired) electrons. The SMILES string of the molecule is CC[C@H](C)NC(=O)[C@@H](Cc1ccccc1)N(Cc1ccccc1)C(=O)CN(c1cc(Cl)cc(Cl)c1)S(=O)(=O)c1ccccc1. The van der Waals surface area contributed by atoms with Gasteiger partial charge in [-0.1, -0.05) is 109 Å². The smallest absolute Gasteiger partial charge is 0.264 e. The van der Waals surface area contributed by atoms with E-state index in [2.05, 4.69) is 5.32 Å². The molecule has 10 heteroatoms. The van der Waals surface area contributed by atoms with E-state index in [1.165, 1.54) is 35.2 Å². The van der Waals surface area contributed by atoms with Crippen LogP contribution in [0.1, 0.15) is 31.4 Å². The lowest BCUT2D eigenvalue weighted by Gasteiger charge is -2.34. The number of anilines is 1. The van der Waals surface area contributed by atoms with Gasteiger partial charge >= 0.3 is 0 Å². The minimum Gasteiger partial charge on any atom is -0.352 e. The molecular weight excluding hydrogens is 617 g/mol. The van der Waals surface area contributed by atoms with Crippen molar-refractivity contribution in [2.24, 2.45) is 0 Å². The summed E-state index contributed by atoms with van der Waals surface area (Å²) in [7, 11) is -4.25. The summed E-state index contributed by atoms with van der Waals surface area (Å²) in [5.41, 5.74) is 1.78. The fourth-order valence-electron chi connectivity index (χ4n) is 4.71. The van der Waals surface area contributed by atoms with Crippen molar-refractivity contribution >= 4 is 50.7 Å². The van der Waals surface area contributed by atoms with E-state index in [1.54, 1.807) is 18.2 Å². The van der Waals surface area contributed by atoms with Gasteiger partial charge in [0.2, 0.25) is 11.8 Å². The summed E-state index contributed by atoms with van der Waals surface area (Å²) in [5, 5.41) is 3.45. The van der Waals surface area contributed by atoms with Crippen LogP contribution in [0.25, 0.3) is 0 Å². The molecule has 0 aliphatic heterocycles. The van der Waals surface area contributed by atoms with Gasteiger partial charge in [-0.15, -0.1) is 0 Å². The molecule has 4 aromatic rings. The summed E-state index contributed by atoms with van der Waals surface area (Å²) < 4.78 is 29.1. The molecule has 0 unspecified atom stereocenters. The van der Waals surface area contributed by atoms with E-state index in [9.17, 15) is 18.0 Å². The van der Waals surface area contributed by atoms with Crippen molar-refractivity contribution in [1.82, 2.24) is 10.2 Å². The lowest BCUT2D eigenvalue weighted by atomic mass is 10.0. The van der Waals surface area contributed by atoms with Crippen LogP contribution in [0.2, 0.25) is 10.0 Å². The second kappa shape index (κ2) is 15.2. The Morgan fingerprint density at radius 3 is 1.86 bits per heavy atom. The molecule has 0 aromatic heterocycles. The molecule has 0 bridgehead atoms. The minimum absolute atomic E-state index is 0.00569. The standard InChI is InChI=1S/C34H35Cl2N3O4S/c1-3-25(2)37-34(41)32(19-26-13-7-4-8-14-26)38(23-27-15-9-5-10-16-27)33(40)24-39(30-21-28(35)20-29(36)22-30)44(42,43)31-17-11-6-12-18-31/h4-18,20-22,25,32H,3,19,23-24H2,1-2H3,(H,37,41)/t25-,32+/m0/s1. The number of carbonyl (C=O) groups is 2. The van der Waals surface area contributed by atoms with Crippen molar-refractivity contribution in [3.05, 3.63) is 130 Å². The average molecular weight is 653 g/mol. The van der Waals surface area contributed by atoms with E-state index in [-0.39, 0.29) is 45.5 Å². The minimum atomic E-state index is -4.25. The number of sulfonamides is 1. The molecule has 2 atom stereocenters. The van der Waals surface area contributed by atoms with Crippen LogP contribution in [0.4, 0.5) is 5.69 Å². The summed E-state index contributed by atoms with van der Waals surface area (Å²) in [4.78, 5) is 29.7. The summed E-state index contributed by atoms with van der Waals surface area (Å²) >= 11 is 12.6. The van der Waals surface area contributed by atoms with Crippen molar-refractivity contribution in [2.45, 2.75) is 50.2 Å². The van der Waals surface area contributed by atoms with Gasteiger partial charge in [0.1, 0.15) is 12.6 Å². The molecule has 7 nitrogen and oxygen atoms in total. The van der Waals surface area contributed by atoms with Crippen LogP contribution in [-0.2, 0) is 32.6 Å². The number of benzene rings is 4. The molecule has 4 rings (SSSR count). The normalized spacial score (nSPS) is 12.6. The number of nitrogens with one attached hydrogen (secondary N) is 1. The molecule has 0 saturated heterocycles. The second-order valence-corrected chi connectivity index (χ2v) is 13.2. The number of hydrogen-bond acceptors (Lipinski definition) is 4. The van der Waals surface area contributed by atoms with E-state index < -0.39 is 28.5 Å². The molecule has 0 spiro atoms. The van der Waals surface area contributed by atoms with Crippen molar-refractivity contribution in [3.8, 4) is 0 Å². The summed E-state index contributed by atoms with van der Waals surface area (Å²) in [5.74, 6) is -0.888. The molecule has 2 amide bonds. The second-order valence-electron chi connectivity index (χ2n) is 10.5. The highest BCUT2D eigenvalue weighted by Gasteiger charge is 2.35. The van der Waals surface area contributed by atoms with Crippen molar-refractivity contribution in [3.63, 3.8) is 0 Å². The third-order valence-corrected chi connectivity index (χ3v) is 9.44. The zero-order valence-electron chi connectivity index (χ0n) is 24.6. The van der Waals surface area contributed by atoms with Crippen LogP contribution in [0.15, 0.2) is 114 Å². The summed E-state index contributed by atoms with van der Waals surface area (Å²) in [6.45, 7) is 3.35. The average Bonchev–Trinajstić information content (AvgIpc) is 3.02. The van der Waals surface area contributed by atoms with E-state index in [1.807, 2.05) is 74.5 Å². The topological polar surface area (TPSA) is 86.8 Å². The van der Waals surface area contributed by atoms with Gasteiger partial charge in [-0.3, -0.25) is 13.9 Å². The first kappa shape index (κ1) is 33.1. The molecule has 44 heavy (non-hydrogen) atoms. The highest BCUT2D eigenvalue weighted by atomic mass is 35.5. The molecule has 0 heterocycles. The Hall–Kier alpha value is -3.85. The van der Waals surface area contributed by atoms with Gasteiger partial charge in [0.05, 0.1) is 10.6 Å². The Kier molecular flexibility index (Phi) is 11.4. The largest absolute Gasteiger partial charge is 0.352 e. The highest BCUT2D eigenvalue weighted by Crippen LogP contribution is 2.30. The maximum atomic E-state index is 14.4. The molecule has 230 valence electrons. The lowest BCUT2D eigenvalue weighted by molar-refractivity contribution is -0.140. The summed E-state index contributed by atoms with van der Waals surface area (Å²) in [6.07, 6.45) is 0.936. The van der Waals surface area contributed by atoms with Crippen molar-refractivity contribution < 1.29 is 18.0 Å². The zero-order valence-corrected chi connectivity index (χ0v) is 26.9. The third kappa shape index (κ3) is 8.62. The third-order valence-electron chi connectivity index (χ3n) is 7.21. The Morgan fingerprint density at radius 2 is 1.32 bits per heavy atom. The molecule has 4 aromatic carbocycles. The monoisotopic (exact) mass is 651 g/mol. The van der Waals surface area contributed by atoms with E-state index in [4.69, 9.17) is 23.2 Å². The van der Waals surface area contributed by atoms with Gasteiger partial charge in [0.15, 0.2) is 0 Å². The molecule has 0 fully saturated rings. The predicted molar refractivity (Wildman–Crippen MR) is 176 cm³/mol. The first-order chi connectivity index (χ1) is 21.1. The van der Waals surface area contributed by atoms with Crippen molar-refractivity contribution in [2.75, 3.05) is 10.8 Å². The van der Waals surface area contributed by atoms with Crippen LogP contribution in [0.5, 0.6) is 0 Å². The molecular formula is C34H35Cl2N3O4S. The number of carbonyl (C=O) groups excluding carboxylic acids is 2. The number of nitrogens with zero attached hydrogens (tertiary/aromatic N) is 2. The summed E-state index contributed by atoms with van der Waals surface area (Å²) in [6, 6.07) is 29.9. The number of halogens is 2. The molecule has 0 saturated carbocycles. The van der Waals surface area contributed by atoms with Gasteiger partial charge < -0.3 is 10.2 Å². The van der Waals surface area contributed by atoms with Gasteiger partial charge in [0, 0.05) is 29.1 Å². The molecule has 0 aliphatic rings. The Labute approximate surface area is 269 Å². The zero-order chi connectivity index (χ0) is 31.7. The van der Waals surface area contributed by atoms with E-state index in [0.717, 1.165) is 15.4 Å². The van der Waals surface area contributed by atoms with E-state index in [0.29, 0.717) is 6.42 Å². The van der Waals surface area contributed by atoms with Crippen LogP contribution in [0.3, 0.4) is 0 Å². The first-order valence-corrected chi connectivity index (χ1v) is 16.5. The van der Waals surface area contributed by atoms with Gasteiger partial charge in [0.25, 0.3) is 10.0 Å². The van der Waals surface area contributed by atoms with Crippen LogP contribution < -0.4 is 9.62 Å². The van der Waals surface area contributed by atoms with Crippen LogP contribution in [-0.4, -0.2) is 43.8 Å². The maximum Gasteiger partial charge on any atom is 0.264 e. The fraction of sp³-hybridized carbons (Fsp3) is 0.235. The molecule has 1 N–H and O–H groups in total. The molecule has 0 aliphatic carbocycles. The fourth-order valence-corrected chi connectivity index (χ4v) is 6.64. The Morgan fingerprint density at radius 1 is 0.795 bits per heavy atom. The predicted octanol–water partition coefficient (Wildman–Crippen LogP) is 6.74. The lowest BCUT2D eigenvalue weighted by Crippen LogP contribution is -2.54. The number of amides is 2. The van der Waals surface area contributed by atoms with Crippen molar-refractivity contribution in [1.29, 1.82) is 0 Å². The quantitative estimate of drug-likeness (QED) is 0.173. The van der Waals surface area contributed by atoms with Crippen LogP contribution >= 0.6 is 23.2 Å². The number of rotatable bonds is 13. The van der Waals surface area contributed by atoms with E-state index >= 15 is 0 Å². The maximum absolute atomic E-state index is 14.4. The Bertz CT molecular complexity index is 1640. The van der Waals surface area contributed by atoms with Gasteiger partial charge in [-0.05, 0) is 54.8 Å². The number of hydrogen-bond donors (Lipinski definition) is 1. The highest BCUT2D eigenvalue weighted by molar-refractivity contribution is 7.92. The first-order valence-electron chi connectivity index (χ1n) is 14.3. The Balaban J connectivity index is 1.81. The van der Waals surface area contributed by atoms with Gasteiger partial charge in [-0.2, -0.15) is 0 Å². The van der Waals surface area contributed by atoms with Gasteiger partial charge in [-0.25, -0.2) is 8.42 Å². The van der Waals surface area contributed by atoms with Crippen LogP contribution in [0, 0.1) is 0 Å².